The second kappa shape index (κ2) is 6.34. The number of nitrogens with zero attached hydrogens (tertiary/aromatic N) is 1. The van der Waals surface area contributed by atoms with Crippen molar-refractivity contribution < 1.29 is 9.53 Å². The summed E-state index contributed by atoms with van der Waals surface area (Å²) in [4.78, 5) is 15.5. The number of carbonyl (C=O) groups is 1. The molecule has 1 aromatic heterocycles. The summed E-state index contributed by atoms with van der Waals surface area (Å²) >= 11 is 1.76. The lowest BCUT2D eigenvalue weighted by Gasteiger charge is -2.26. The first kappa shape index (κ1) is 13.6. The minimum absolute atomic E-state index is 0.0813. The predicted molar refractivity (Wildman–Crippen MR) is 73.9 cm³/mol. The number of carbonyl (C=O) groups excluding carboxylic acids is 1. The Morgan fingerprint density at radius 2 is 2.22 bits per heavy atom. The Kier molecular flexibility index (Phi) is 4.78. The van der Waals surface area contributed by atoms with Gasteiger partial charge in [0.1, 0.15) is 0 Å². The van der Waals surface area contributed by atoms with Crippen molar-refractivity contribution in [3.8, 4) is 0 Å². The molecule has 0 bridgehead atoms. The van der Waals surface area contributed by atoms with Crippen LogP contribution in [0.15, 0.2) is 11.4 Å². The van der Waals surface area contributed by atoms with Gasteiger partial charge in [-0.2, -0.15) is 0 Å². The first-order valence-corrected chi connectivity index (χ1v) is 7.54. The van der Waals surface area contributed by atoms with Gasteiger partial charge in [-0.25, -0.2) is 0 Å². The van der Waals surface area contributed by atoms with E-state index in [0.29, 0.717) is 13.0 Å². The van der Waals surface area contributed by atoms with Crippen molar-refractivity contribution in [1.29, 1.82) is 0 Å². The average molecular weight is 267 g/mol. The maximum Gasteiger partial charge on any atom is 0.307 e. The van der Waals surface area contributed by atoms with Crippen LogP contribution in [-0.4, -0.2) is 30.6 Å². The SMILES string of the molecule is CCOC(=O)CC(c1sccc1C)N1CCCC1. The van der Waals surface area contributed by atoms with Crippen LogP contribution in [0.1, 0.15) is 42.7 Å². The zero-order valence-electron chi connectivity index (χ0n) is 11.1. The third-order valence-electron chi connectivity index (χ3n) is 3.45. The lowest BCUT2D eigenvalue weighted by molar-refractivity contribution is -0.144. The number of esters is 1. The summed E-state index contributed by atoms with van der Waals surface area (Å²) in [7, 11) is 0. The second-order valence-electron chi connectivity index (χ2n) is 4.74. The molecule has 1 aliphatic heterocycles. The van der Waals surface area contributed by atoms with Gasteiger partial charge in [0.25, 0.3) is 0 Å². The zero-order valence-corrected chi connectivity index (χ0v) is 12.0. The fourth-order valence-corrected chi connectivity index (χ4v) is 3.61. The molecule has 0 spiro atoms. The third-order valence-corrected chi connectivity index (χ3v) is 4.57. The summed E-state index contributed by atoms with van der Waals surface area (Å²) < 4.78 is 5.11. The van der Waals surface area contributed by atoms with E-state index in [4.69, 9.17) is 4.74 Å². The Labute approximate surface area is 113 Å². The van der Waals surface area contributed by atoms with Gasteiger partial charge in [-0.15, -0.1) is 11.3 Å². The van der Waals surface area contributed by atoms with E-state index in [-0.39, 0.29) is 12.0 Å². The Hall–Kier alpha value is -0.870. The largest absolute Gasteiger partial charge is 0.466 e. The highest BCUT2D eigenvalue weighted by atomic mass is 32.1. The van der Waals surface area contributed by atoms with Gasteiger partial charge in [-0.3, -0.25) is 9.69 Å². The van der Waals surface area contributed by atoms with Gasteiger partial charge in [-0.05, 0) is 56.8 Å². The lowest BCUT2D eigenvalue weighted by Crippen LogP contribution is -2.28. The molecule has 1 unspecified atom stereocenters. The van der Waals surface area contributed by atoms with E-state index in [1.165, 1.54) is 23.3 Å². The highest BCUT2D eigenvalue weighted by Gasteiger charge is 2.28. The fraction of sp³-hybridized carbons (Fsp3) is 0.643. The average Bonchev–Trinajstić information content (AvgIpc) is 2.97. The standard InChI is InChI=1S/C14H21NO2S/c1-3-17-13(16)10-12(15-7-4-5-8-15)14-11(2)6-9-18-14/h6,9,12H,3-5,7-8,10H2,1-2H3. The quantitative estimate of drug-likeness (QED) is 0.768. The summed E-state index contributed by atoms with van der Waals surface area (Å²) in [5.74, 6) is -0.0813. The van der Waals surface area contributed by atoms with Gasteiger partial charge in [0, 0.05) is 4.88 Å². The van der Waals surface area contributed by atoms with E-state index in [2.05, 4.69) is 23.3 Å². The Morgan fingerprint density at radius 3 is 2.78 bits per heavy atom. The maximum absolute atomic E-state index is 11.8. The predicted octanol–water partition coefficient (Wildman–Crippen LogP) is 3.15. The Bertz CT molecular complexity index is 396. The van der Waals surface area contributed by atoms with Gasteiger partial charge in [0.15, 0.2) is 0 Å². The monoisotopic (exact) mass is 267 g/mol. The van der Waals surface area contributed by atoms with Crippen LogP contribution >= 0.6 is 11.3 Å². The molecule has 2 rings (SSSR count). The molecular weight excluding hydrogens is 246 g/mol. The molecule has 2 heterocycles. The van der Waals surface area contributed by atoms with E-state index in [0.717, 1.165) is 13.1 Å². The number of likely N-dealkylation sites (tertiary alicyclic amines) is 1. The van der Waals surface area contributed by atoms with Crippen molar-refractivity contribution in [1.82, 2.24) is 4.90 Å². The number of hydrogen-bond donors (Lipinski definition) is 0. The smallest absolute Gasteiger partial charge is 0.307 e. The minimum atomic E-state index is -0.0813. The van der Waals surface area contributed by atoms with Crippen molar-refractivity contribution in [2.75, 3.05) is 19.7 Å². The van der Waals surface area contributed by atoms with Gasteiger partial charge in [0.05, 0.1) is 19.1 Å². The van der Waals surface area contributed by atoms with Crippen LogP contribution in [0.2, 0.25) is 0 Å². The molecule has 1 atom stereocenters. The van der Waals surface area contributed by atoms with E-state index in [1.807, 2.05) is 6.92 Å². The summed E-state index contributed by atoms with van der Waals surface area (Å²) in [5, 5.41) is 2.11. The van der Waals surface area contributed by atoms with Gasteiger partial charge < -0.3 is 4.74 Å². The molecule has 3 nitrogen and oxygen atoms in total. The molecule has 0 N–H and O–H groups in total. The molecule has 0 aromatic carbocycles. The Balaban J connectivity index is 2.12. The van der Waals surface area contributed by atoms with Crippen LogP contribution in [0.25, 0.3) is 0 Å². The molecule has 0 aliphatic carbocycles. The molecule has 1 aliphatic rings. The van der Waals surface area contributed by atoms with Crippen molar-refractivity contribution in [3.05, 3.63) is 21.9 Å². The highest BCUT2D eigenvalue weighted by Crippen LogP contribution is 2.33. The summed E-state index contributed by atoms with van der Waals surface area (Å²) in [6.45, 7) is 6.65. The van der Waals surface area contributed by atoms with E-state index in [9.17, 15) is 4.79 Å². The summed E-state index contributed by atoms with van der Waals surface area (Å²) in [6.07, 6.45) is 2.96. The lowest BCUT2D eigenvalue weighted by atomic mass is 10.1. The van der Waals surface area contributed by atoms with E-state index in [1.54, 1.807) is 11.3 Å². The van der Waals surface area contributed by atoms with Crippen molar-refractivity contribution in [3.63, 3.8) is 0 Å². The number of rotatable bonds is 5. The Morgan fingerprint density at radius 1 is 1.50 bits per heavy atom. The number of ether oxygens (including phenoxy) is 1. The minimum Gasteiger partial charge on any atom is -0.466 e. The van der Waals surface area contributed by atoms with Crippen LogP contribution in [-0.2, 0) is 9.53 Å². The van der Waals surface area contributed by atoms with E-state index >= 15 is 0 Å². The normalized spacial score (nSPS) is 17.9. The van der Waals surface area contributed by atoms with Gasteiger partial charge >= 0.3 is 5.97 Å². The molecule has 1 fully saturated rings. The first-order chi connectivity index (χ1) is 8.72. The molecule has 1 saturated heterocycles. The van der Waals surface area contributed by atoms with Gasteiger partial charge in [-0.1, -0.05) is 0 Å². The summed E-state index contributed by atoms with van der Waals surface area (Å²) in [5.41, 5.74) is 1.29. The summed E-state index contributed by atoms with van der Waals surface area (Å²) in [6, 6.07) is 2.35. The van der Waals surface area contributed by atoms with Crippen molar-refractivity contribution in [2.24, 2.45) is 0 Å². The van der Waals surface area contributed by atoms with Crippen LogP contribution < -0.4 is 0 Å². The molecule has 100 valence electrons. The number of thiophene rings is 1. The molecule has 4 heteroatoms. The number of aryl methyl sites for hydroxylation is 1. The van der Waals surface area contributed by atoms with Crippen LogP contribution in [0.5, 0.6) is 0 Å². The number of hydrogen-bond acceptors (Lipinski definition) is 4. The molecule has 0 radical (unpaired) electrons. The van der Waals surface area contributed by atoms with Crippen LogP contribution in [0.4, 0.5) is 0 Å². The fourth-order valence-electron chi connectivity index (χ4n) is 2.54. The van der Waals surface area contributed by atoms with Crippen molar-refractivity contribution in [2.45, 2.75) is 39.2 Å². The van der Waals surface area contributed by atoms with E-state index < -0.39 is 0 Å². The second-order valence-corrected chi connectivity index (χ2v) is 5.68. The molecule has 0 amide bonds. The van der Waals surface area contributed by atoms with Crippen molar-refractivity contribution >= 4 is 17.3 Å². The van der Waals surface area contributed by atoms with Crippen LogP contribution in [0.3, 0.4) is 0 Å². The maximum atomic E-state index is 11.8. The molecule has 0 saturated carbocycles. The van der Waals surface area contributed by atoms with Crippen LogP contribution in [0, 0.1) is 6.92 Å². The third kappa shape index (κ3) is 3.12. The topological polar surface area (TPSA) is 29.5 Å². The zero-order chi connectivity index (χ0) is 13.0. The van der Waals surface area contributed by atoms with Gasteiger partial charge in [0.2, 0.25) is 0 Å². The molecule has 18 heavy (non-hydrogen) atoms. The molecule has 1 aromatic rings. The highest BCUT2D eigenvalue weighted by molar-refractivity contribution is 7.10. The first-order valence-electron chi connectivity index (χ1n) is 6.66. The molecular formula is C14H21NO2S.